The van der Waals surface area contributed by atoms with Crippen molar-refractivity contribution in [2.24, 2.45) is 16.9 Å². The van der Waals surface area contributed by atoms with Crippen LogP contribution in [-0.4, -0.2) is 18.2 Å². The molecule has 2 bridgehead atoms. The molecule has 0 heterocycles. The van der Waals surface area contributed by atoms with Crippen molar-refractivity contribution in [1.29, 1.82) is 0 Å². The maximum absolute atomic E-state index is 11.6. The molecule has 0 aromatic heterocycles. The van der Waals surface area contributed by atoms with Crippen LogP contribution in [0.2, 0.25) is 0 Å². The van der Waals surface area contributed by atoms with Crippen molar-refractivity contribution < 1.29 is 9.53 Å². The number of amides is 1. The predicted octanol–water partition coefficient (Wildman–Crippen LogP) is 2.36. The van der Waals surface area contributed by atoms with Crippen LogP contribution in [0.25, 0.3) is 0 Å². The Balaban J connectivity index is 1.46. The van der Waals surface area contributed by atoms with Gasteiger partial charge in [0.15, 0.2) is 6.61 Å². The monoisotopic (exact) mass is 258 g/mol. The number of hydrazone groups is 1. The predicted molar refractivity (Wildman–Crippen MR) is 73.0 cm³/mol. The zero-order chi connectivity index (χ0) is 13.1. The molecule has 2 unspecified atom stereocenters. The van der Waals surface area contributed by atoms with Gasteiger partial charge in [-0.25, -0.2) is 5.43 Å². The van der Waals surface area contributed by atoms with E-state index in [1.54, 1.807) is 0 Å². The topological polar surface area (TPSA) is 50.7 Å². The molecule has 1 aromatic rings. The first-order valence-electron chi connectivity index (χ1n) is 6.84. The first kappa shape index (κ1) is 12.2. The van der Waals surface area contributed by atoms with Crippen molar-refractivity contribution in [3.63, 3.8) is 0 Å². The molecule has 19 heavy (non-hydrogen) atoms. The second kappa shape index (κ2) is 5.43. The third-order valence-corrected chi connectivity index (χ3v) is 3.95. The van der Waals surface area contributed by atoms with Crippen LogP contribution in [0, 0.1) is 11.8 Å². The zero-order valence-corrected chi connectivity index (χ0v) is 10.8. The van der Waals surface area contributed by atoms with Gasteiger partial charge in [0.1, 0.15) is 5.75 Å². The maximum atomic E-state index is 11.6. The first-order valence-corrected chi connectivity index (χ1v) is 6.84. The number of nitrogens with zero attached hydrogens (tertiary/aromatic N) is 1. The largest absolute Gasteiger partial charge is 0.484 e. The average molecular weight is 258 g/mol. The van der Waals surface area contributed by atoms with E-state index >= 15 is 0 Å². The highest BCUT2D eigenvalue weighted by molar-refractivity contribution is 5.91. The SMILES string of the molecule is O=C(COc1ccccc1)N/N=C1\CC2CCC1C2. The standard InChI is InChI=1S/C15H18N2O2/c18-15(10-19-13-4-2-1-3-5-13)17-16-14-9-11-6-7-12(14)8-11/h1-5,11-12H,6-10H2,(H,17,18)/b16-14+. The molecule has 0 spiro atoms. The van der Waals surface area contributed by atoms with Crippen molar-refractivity contribution in [2.45, 2.75) is 25.7 Å². The molecule has 100 valence electrons. The van der Waals surface area contributed by atoms with Crippen molar-refractivity contribution in [2.75, 3.05) is 6.61 Å². The fourth-order valence-electron chi connectivity index (χ4n) is 2.99. The van der Waals surface area contributed by atoms with E-state index in [9.17, 15) is 4.79 Å². The number of rotatable bonds is 4. The Labute approximate surface area is 112 Å². The fraction of sp³-hybridized carbons (Fsp3) is 0.467. The van der Waals surface area contributed by atoms with Crippen LogP contribution >= 0.6 is 0 Å². The van der Waals surface area contributed by atoms with Gasteiger partial charge in [0.2, 0.25) is 0 Å². The van der Waals surface area contributed by atoms with E-state index in [4.69, 9.17) is 4.74 Å². The number of carbonyl (C=O) groups is 1. The van der Waals surface area contributed by atoms with Crippen LogP contribution in [0.3, 0.4) is 0 Å². The minimum Gasteiger partial charge on any atom is -0.484 e. The number of para-hydroxylation sites is 1. The van der Waals surface area contributed by atoms with Gasteiger partial charge in [0.25, 0.3) is 5.91 Å². The fourth-order valence-corrected chi connectivity index (χ4v) is 2.99. The Morgan fingerprint density at radius 2 is 2.16 bits per heavy atom. The highest BCUT2D eigenvalue weighted by Crippen LogP contribution is 2.42. The molecule has 1 amide bonds. The van der Waals surface area contributed by atoms with Crippen LogP contribution in [0.1, 0.15) is 25.7 Å². The molecular formula is C15H18N2O2. The van der Waals surface area contributed by atoms with Gasteiger partial charge in [0, 0.05) is 5.71 Å². The molecule has 2 atom stereocenters. The van der Waals surface area contributed by atoms with E-state index in [1.807, 2.05) is 30.3 Å². The maximum Gasteiger partial charge on any atom is 0.277 e. The second-order valence-electron chi connectivity index (χ2n) is 5.32. The quantitative estimate of drug-likeness (QED) is 0.843. The summed E-state index contributed by atoms with van der Waals surface area (Å²) >= 11 is 0. The first-order chi connectivity index (χ1) is 9.31. The number of benzene rings is 1. The number of carbonyl (C=O) groups excluding carboxylic acids is 1. The molecule has 2 fully saturated rings. The van der Waals surface area contributed by atoms with Gasteiger partial charge in [-0.1, -0.05) is 18.2 Å². The van der Waals surface area contributed by atoms with E-state index < -0.39 is 0 Å². The zero-order valence-electron chi connectivity index (χ0n) is 10.8. The molecule has 1 aromatic carbocycles. The Morgan fingerprint density at radius 3 is 2.84 bits per heavy atom. The summed E-state index contributed by atoms with van der Waals surface area (Å²) in [6, 6.07) is 9.32. The Bertz CT molecular complexity index is 484. The molecule has 0 radical (unpaired) electrons. The highest BCUT2D eigenvalue weighted by Gasteiger charge is 2.36. The van der Waals surface area contributed by atoms with Gasteiger partial charge in [0.05, 0.1) is 0 Å². The smallest absolute Gasteiger partial charge is 0.277 e. The van der Waals surface area contributed by atoms with Crippen LogP contribution < -0.4 is 10.2 Å². The summed E-state index contributed by atoms with van der Waals surface area (Å²) < 4.78 is 5.36. The summed E-state index contributed by atoms with van der Waals surface area (Å²) in [5, 5.41) is 4.26. The van der Waals surface area contributed by atoms with Crippen molar-refractivity contribution in [1.82, 2.24) is 5.43 Å². The molecule has 4 heteroatoms. The van der Waals surface area contributed by atoms with Crippen molar-refractivity contribution in [3.05, 3.63) is 30.3 Å². The normalized spacial score (nSPS) is 26.6. The molecule has 1 N–H and O–H groups in total. The van der Waals surface area contributed by atoms with E-state index in [1.165, 1.54) is 25.0 Å². The van der Waals surface area contributed by atoms with E-state index in [2.05, 4.69) is 10.5 Å². The van der Waals surface area contributed by atoms with E-state index in [-0.39, 0.29) is 12.5 Å². The van der Waals surface area contributed by atoms with Crippen LogP contribution in [-0.2, 0) is 4.79 Å². The Hall–Kier alpha value is -1.84. The summed E-state index contributed by atoms with van der Waals surface area (Å²) in [7, 11) is 0. The summed E-state index contributed by atoms with van der Waals surface area (Å²) in [5.41, 5.74) is 3.77. The molecule has 2 aliphatic rings. The van der Waals surface area contributed by atoms with Gasteiger partial charge < -0.3 is 4.74 Å². The molecule has 2 saturated carbocycles. The van der Waals surface area contributed by atoms with Crippen LogP contribution in [0.15, 0.2) is 35.4 Å². The van der Waals surface area contributed by atoms with Gasteiger partial charge in [-0.2, -0.15) is 5.10 Å². The molecule has 2 aliphatic carbocycles. The Kier molecular flexibility index (Phi) is 3.49. The van der Waals surface area contributed by atoms with E-state index in [0.29, 0.717) is 11.7 Å². The molecule has 4 nitrogen and oxygen atoms in total. The average Bonchev–Trinajstić information content (AvgIpc) is 3.06. The number of nitrogens with one attached hydrogen (secondary N) is 1. The van der Waals surface area contributed by atoms with Gasteiger partial charge in [-0.3, -0.25) is 4.79 Å². The lowest BCUT2D eigenvalue weighted by Crippen LogP contribution is -2.26. The Morgan fingerprint density at radius 1 is 1.32 bits per heavy atom. The summed E-state index contributed by atoms with van der Waals surface area (Å²) in [6.07, 6.45) is 4.88. The van der Waals surface area contributed by atoms with Crippen LogP contribution in [0.4, 0.5) is 0 Å². The second-order valence-corrected chi connectivity index (χ2v) is 5.32. The third-order valence-electron chi connectivity index (χ3n) is 3.95. The summed E-state index contributed by atoms with van der Waals surface area (Å²) in [4.78, 5) is 11.6. The minimum absolute atomic E-state index is 0.00882. The van der Waals surface area contributed by atoms with Gasteiger partial charge in [-0.05, 0) is 49.7 Å². The number of hydrogen-bond donors (Lipinski definition) is 1. The molecule has 0 aliphatic heterocycles. The summed E-state index contributed by atoms with van der Waals surface area (Å²) in [5.74, 6) is 1.92. The minimum atomic E-state index is -0.195. The van der Waals surface area contributed by atoms with Gasteiger partial charge >= 0.3 is 0 Å². The van der Waals surface area contributed by atoms with E-state index in [0.717, 1.165) is 12.3 Å². The number of hydrogen-bond acceptors (Lipinski definition) is 3. The van der Waals surface area contributed by atoms with Gasteiger partial charge in [-0.15, -0.1) is 0 Å². The van der Waals surface area contributed by atoms with Crippen molar-refractivity contribution >= 4 is 11.6 Å². The highest BCUT2D eigenvalue weighted by atomic mass is 16.5. The molecule has 0 saturated heterocycles. The molecular weight excluding hydrogens is 240 g/mol. The summed E-state index contributed by atoms with van der Waals surface area (Å²) in [6.45, 7) is 0.00882. The van der Waals surface area contributed by atoms with Crippen molar-refractivity contribution in [3.8, 4) is 5.75 Å². The van der Waals surface area contributed by atoms with Crippen LogP contribution in [0.5, 0.6) is 5.75 Å². The lowest BCUT2D eigenvalue weighted by Gasteiger charge is -2.11. The lowest BCUT2D eigenvalue weighted by atomic mass is 9.99. The molecule has 3 rings (SSSR count). The number of ether oxygens (including phenoxy) is 1. The third kappa shape index (κ3) is 2.95. The lowest BCUT2D eigenvalue weighted by molar-refractivity contribution is -0.123. The number of fused-ring (bicyclic) bond motifs is 2.